The van der Waals surface area contributed by atoms with Crippen LogP contribution < -0.4 is 10.6 Å². The van der Waals surface area contributed by atoms with Crippen LogP contribution in [-0.4, -0.2) is 29.6 Å². The Kier molecular flexibility index (Phi) is 6.65. The molecule has 6 heteroatoms. The molecule has 2 amide bonds. The van der Waals surface area contributed by atoms with Gasteiger partial charge in [-0.05, 0) is 48.4 Å². The zero-order valence-electron chi connectivity index (χ0n) is 14.0. The third-order valence-electron chi connectivity index (χ3n) is 3.73. The number of carbonyl (C=O) groups excluding carboxylic acids is 2. The Balaban J connectivity index is 1.93. The molecule has 1 atom stereocenters. The maximum absolute atomic E-state index is 13.1. The van der Waals surface area contributed by atoms with Crippen LogP contribution in [0.15, 0.2) is 48.5 Å². The number of benzene rings is 2. The predicted molar refractivity (Wildman–Crippen MR) is 93.8 cm³/mol. The average Bonchev–Trinajstić information content (AvgIpc) is 2.60. The summed E-state index contributed by atoms with van der Waals surface area (Å²) in [7, 11) is 0. The van der Waals surface area contributed by atoms with E-state index in [9.17, 15) is 14.0 Å². The van der Waals surface area contributed by atoms with Gasteiger partial charge in [0.2, 0.25) is 5.91 Å². The molecule has 5 nitrogen and oxygen atoms in total. The van der Waals surface area contributed by atoms with Gasteiger partial charge in [0.05, 0.1) is 19.1 Å². The minimum atomic E-state index is -0.381. The molecule has 0 heterocycles. The number of nitrogens with one attached hydrogen (secondary N) is 2. The fourth-order valence-electron chi connectivity index (χ4n) is 2.29. The predicted octanol–water partition coefficient (Wildman–Crippen LogP) is 2.51. The van der Waals surface area contributed by atoms with Crippen molar-refractivity contribution < 1.29 is 19.1 Å². The summed E-state index contributed by atoms with van der Waals surface area (Å²) in [5.74, 6) is -0.929. The molecule has 0 spiro atoms. The van der Waals surface area contributed by atoms with Crippen LogP contribution in [0.2, 0.25) is 0 Å². The van der Waals surface area contributed by atoms with Crippen molar-refractivity contribution in [1.82, 2.24) is 5.32 Å². The van der Waals surface area contributed by atoms with Gasteiger partial charge >= 0.3 is 0 Å². The first-order valence-corrected chi connectivity index (χ1v) is 8.08. The molecule has 0 aromatic heterocycles. The van der Waals surface area contributed by atoms with E-state index in [2.05, 4.69) is 10.6 Å². The number of hydrogen-bond acceptors (Lipinski definition) is 3. The molecular formula is C19H21FN2O3. The lowest BCUT2D eigenvalue weighted by atomic mass is 10.1. The fraction of sp³-hybridized carbons (Fsp3) is 0.263. The molecule has 3 N–H and O–H groups in total. The molecule has 0 fully saturated rings. The van der Waals surface area contributed by atoms with Crippen molar-refractivity contribution in [2.24, 2.45) is 0 Å². The largest absolute Gasteiger partial charge is 0.394 e. The van der Waals surface area contributed by atoms with Crippen LogP contribution in [0, 0.1) is 5.82 Å². The molecule has 2 aromatic carbocycles. The Morgan fingerprint density at radius 2 is 1.88 bits per heavy atom. The van der Waals surface area contributed by atoms with Gasteiger partial charge in [-0.25, -0.2) is 4.39 Å². The molecule has 0 aliphatic rings. The molecule has 0 radical (unpaired) electrons. The maximum Gasteiger partial charge on any atom is 0.251 e. The topological polar surface area (TPSA) is 78.4 Å². The Bertz CT molecular complexity index is 728. The molecule has 0 saturated carbocycles. The van der Waals surface area contributed by atoms with Crippen molar-refractivity contribution >= 4 is 17.5 Å². The molecule has 25 heavy (non-hydrogen) atoms. The summed E-state index contributed by atoms with van der Waals surface area (Å²) < 4.78 is 13.1. The first kappa shape index (κ1) is 18.6. The van der Waals surface area contributed by atoms with Crippen LogP contribution in [0.5, 0.6) is 0 Å². The summed E-state index contributed by atoms with van der Waals surface area (Å²) in [6, 6.07) is 12.0. The van der Waals surface area contributed by atoms with Crippen LogP contribution in [-0.2, 0) is 11.2 Å². The lowest BCUT2D eigenvalue weighted by Gasteiger charge is -2.14. The number of aliphatic hydroxyl groups excluding tert-OH is 1. The molecule has 0 aliphatic heterocycles. The van der Waals surface area contributed by atoms with Crippen LogP contribution in [0.4, 0.5) is 10.1 Å². The van der Waals surface area contributed by atoms with E-state index in [4.69, 9.17) is 5.11 Å². The van der Waals surface area contributed by atoms with E-state index in [1.54, 1.807) is 36.4 Å². The molecule has 132 valence electrons. The number of hydrogen-bond donors (Lipinski definition) is 3. The second-order valence-electron chi connectivity index (χ2n) is 5.69. The average molecular weight is 344 g/mol. The molecule has 2 aromatic rings. The van der Waals surface area contributed by atoms with Gasteiger partial charge in [-0.15, -0.1) is 0 Å². The minimum absolute atomic E-state index is 0.0642. The number of rotatable bonds is 7. The summed E-state index contributed by atoms with van der Waals surface area (Å²) in [6.45, 7) is 1.76. The molecule has 2 rings (SSSR count). The van der Waals surface area contributed by atoms with Crippen molar-refractivity contribution in [1.29, 1.82) is 0 Å². The smallest absolute Gasteiger partial charge is 0.251 e. The normalized spacial score (nSPS) is 11.6. The summed E-state index contributed by atoms with van der Waals surface area (Å²) in [6.07, 6.45) is 0.700. The van der Waals surface area contributed by atoms with Crippen molar-refractivity contribution in [2.45, 2.75) is 25.8 Å². The zero-order valence-corrected chi connectivity index (χ0v) is 14.0. The molecule has 1 unspecified atom stereocenters. The van der Waals surface area contributed by atoms with Gasteiger partial charge in [0, 0.05) is 11.3 Å². The van der Waals surface area contributed by atoms with E-state index in [1.807, 2.05) is 6.92 Å². The second kappa shape index (κ2) is 8.94. The third kappa shape index (κ3) is 5.69. The summed E-state index contributed by atoms with van der Waals surface area (Å²) >= 11 is 0. The Labute approximate surface area is 145 Å². The number of amides is 2. The summed E-state index contributed by atoms with van der Waals surface area (Å²) in [5.41, 5.74) is 1.57. The number of halogens is 1. The minimum Gasteiger partial charge on any atom is -0.394 e. The number of anilines is 1. The lowest BCUT2D eigenvalue weighted by molar-refractivity contribution is -0.115. The highest BCUT2D eigenvalue weighted by Gasteiger charge is 2.11. The maximum atomic E-state index is 13.1. The lowest BCUT2D eigenvalue weighted by Crippen LogP contribution is -2.36. The molecule has 0 saturated heterocycles. The van der Waals surface area contributed by atoms with Gasteiger partial charge in [-0.1, -0.05) is 19.1 Å². The molecule has 0 bridgehead atoms. The van der Waals surface area contributed by atoms with E-state index < -0.39 is 0 Å². The van der Waals surface area contributed by atoms with Crippen LogP contribution in [0.3, 0.4) is 0 Å². The quantitative estimate of drug-likeness (QED) is 0.722. The monoisotopic (exact) mass is 344 g/mol. The second-order valence-corrected chi connectivity index (χ2v) is 5.69. The standard InChI is InChI=1S/C19H21FN2O3/c1-2-16(12-23)22-19(25)14-6-8-17(9-7-14)21-18(24)11-13-4-3-5-15(20)10-13/h3-10,16,23H,2,11-12H2,1H3,(H,21,24)(H,22,25). The van der Waals surface area contributed by atoms with Gasteiger partial charge in [0.1, 0.15) is 5.82 Å². The molecular weight excluding hydrogens is 323 g/mol. The van der Waals surface area contributed by atoms with Crippen molar-refractivity contribution in [3.05, 3.63) is 65.5 Å². The van der Waals surface area contributed by atoms with Crippen molar-refractivity contribution in [3.63, 3.8) is 0 Å². The van der Waals surface area contributed by atoms with Crippen molar-refractivity contribution in [2.75, 3.05) is 11.9 Å². The Hall–Kier alpha value is -2.73. The van der Waals surface area contributed by atoms with E-state index in [-0.39, 0.29) is 36.7 Å². The van der Waals surface area contributed by atoms with Gasteiger partial charge in [-0.2, -0.15) is 0 Å². The SMILES string of the molecule is CCC(CO)NC(=O)c1ccc(NC(=O)Cc2cccc(F)c2)cc1. The fourth-order valence-corrected chi connectivity index (χ4v) is 2.29. The van der Waals surface area contributed by atoms with Gasteiger partial charge in [-0.3, -0.25) is 9.59 Å². The Morgan fingerprint density at radius 3 is 2.48 bits per heavy atom. The summed E-state index contributed by atoms with van der Waals surface area (Å²) in [4.78, 5) is 24.0. The van der Waals surface area contributed by atoms with Gasteiger partial charge in [0.25, 0.3) is 5.91 Å². The van der Waals surface area contributed by atoms with Crippen LogP contribution in [0.25, 0.3) is 0 Å². The third-order valence-corrected chi connectivity index (χ3v) is 3.73. The van der Waals surface area contributed by atoms with E-state index in [1.165, 1.54) is 12.1 Å². The van der Waals surface area contributed by atoms with Crippen LogP contribution in [0.1, 0.15) is 29.3 Å². The number of carbonyl (C=O) groups is 2. The highest BCUT2D eigenvalue weighted by atomic mass is 19.1. The Morgan fingerprint density at radius 1 is 1.16 bits per heavy atom. The molecule has 0 aliphatic carbocycles. The van der Waals surface area contributed by atoms with Crippen LogP contribution >= 0.6 is 0 Å². The van der Waals surface area contributed by atoms with Crippen molar-refractivity contribution in [3.8, 4) is 0 Å². The summed E-state index contributed by atoms with van der Waals surface area (Å²) in [5, 5.41) is 14.5. The van der Waals surface area contributed by atoms with Gasteiger partial charge < -0.3 is 15.7 Å². The van der Waals surface area contributed by atoms with Gasteiger partial charge in [0.15, 0.2) is 0 Å². The van der Waals surface area contributed by atoms with E-state index in [0.717, 1.165) is 0 Å². The number of aliphatic hydroxyl groups is 1. The van der Waals surface area contributed by atoms with E-state index >= 15 is 0 Å². The first-order valence-electron chi connectivity index (χ1n) is 8.08. The zero-order chi connectivity index (χ0) is 18.2. The highest BCUT2D eigenvalue weighted by molar-refractivity contribution is 5.96. The highest BCUT2D eigenvalue weighted by Crippen LogP contribution is 2.11. The van der Waals surface area contributed by atoms with E-state index in [0.29, 0.717) is 23.2 Å². The first-order chi connectivity index (χ1) is 12.0.